The fourth-order valence-corrected chi connectivity index (χ4v) is 3.59. The van der Waals surface area contributed by atoms with Crippen molar-refractivity contribution in [3.8, 4) is 5.75 Å². The molecule has 0 saturated heterocycles. The molecule has 0 radical (unpaired) electrons. The van der Waals surface area contributed by atoms with E-state index in [0.29, 0.717) is 18.7 Å². The monoisotopic (exact) mass is 365 g/mol. The standard InChI is InChI=1S/C21H23N3O3/c1-13-8-18(26-12-14(2)24-11-15-10-22-6-7-23-15)20-16-4-3-5-17(16)21(25)27-19(20)9-13/h6-10,14,24H,3-5,11-12H2,1-2H3. The molecular formula is C21H23N3O3. The second kappa shape index (κ2) is 7.48. The van der Waals surface area contributed by atoms with Crippen molar-refractivity contribution >= 4 is 11.0 Å². The summed E-state index contributed by atoms with van der Waals surface area (Å²) in [5.41, 5.74) is 4.23. The molecule has 0 spiro atoms. The van der Waals surface area contributed by atoms with Gasteiger partial charge in [0, 0.05) is 36.7 Å². The first-order valence-electron chi connectivity index (χ1n) is 9.32. The van der Waals surface area contributed by atoms with Crippen molar-refractivity contribution in [2.75, 3.05) is 6.61 Å². The van der Waals surface area contributed by atoms with Gasteiger partial charge in [0.25, 0.3) is 0 Å². The third kappa shape index (κ3) is 3.71. The zero-order valence-electron chi connectivity index (χ0n) is 15.6. The minimum absolute atomic E-state index is 0.131. The lowest BCUT2D eigenvalue weighted by Crippen LogP contribution is -2.31. The lowest BCUT2D eigenvalue weighted by molar-refractivity contribution is 0.274. The van der Waals surface area contributed by atoms with E-state index in [-0.39, 0.29) is 11.7 Å². The molecule has 2 heterocycles. The number of nitrogens with one attached hydrogen (secondary N) is 1. The fourth-order valence-electron chi connectivity index (χ4n) is 3.59. The van der Waals surface area contributed by atoms with Crippen LogP contribution in [0.4, 0.5) is 0 Å². The number of benzene rings is 1. The predicted molar refractivity (Wildman–Crippen MR) is 103 cm³/mol. The van der Waals surface area contributed by atoms with Gasteiger partial charge in [0.1, 0.15) is 17.9 Å². The largest absolute Gasteiger partial charge is 0.491 e. The summed E-state index contributed by atoms with van der Waals surface area (Å²) >= 11 is 0. The Morgan fingerprint density at radius 3 is 2.93 bits per heavy atom. The third-order valence-electron chi connectivity index (χ3n) is 4.92. The minimum atomic E-state index is -0.203. The van der Waals surface area contributed by atoms with E-state index in [1.807, 2.05) is 19.1 Å². The summed E-state index contributed by atoms with van der Waals surface area (Å²) in [6.45, 7) is 5.19. The zero-order valence-corrected chi connectivity index (χ0v) is 15.6. The summed E-state index contributed by atoms with van der Waals surface area (Å²) in [6.07, 6.45) is 7.78. The van der Waals surface area contributed by atoms with Gasteiger partial charge in [0.2, 0.25) is 0 Å². The number of nitrogens with zero attached hydrogens (tertiary/aromatic N) is 2. The lowest BCUT2D eigenvalue weighted by Gasteiger charge is -2.17. The van der Waals surface area contributed by atoms with Gasteiger partial charge in [0.05, 0.1) is 11.1 Å². The molecule has 1 aromatic carbocycles. The zero-order chi connectivity index (χ0) is 18.8. The van der Waals surface area contributed by atoms with E-state index in [9.17, 15) is 4.79 Å². The van der Waals surface area contributed by atoms with Crippen LogP contribution in [-0.4, -0.2) is 22.6 Å². The molecule has 1 N–H and O–H groups in total. The molecule has 1 aliphatic carbocycles. The molecule has 140 valence electrons. The highest BCUT2D eigenvalue weighted by molar-refractivity contribution is 5.88. The first kappa shape index (κ1) is 17.7. The Morgan fingerprint density at radius 2 is 2.11 bits per heavy atom. The number of aryl methyl sites for hydroxylation is 2. The van der Waals surface area contributed by atoms with Gasteiger partial charge in [-0.25, -0.2) is 4.79 Å². The van der Waals surface area contributed by atoms with Crippen molar-refractivity contribution in [1.82, 2.24) is 15.3 Å². The highest BCUT2D eigenvalue weighted by atomic mass is 16.5. The van der Waals surface area contributed by atoms with E-state index in [1.165, 1.54) is 0 Å². The molecule has 0 saturated carbocycles. The lowest BCUT2D eigenvalue weighted by atomic mass is 10.0. The van der Waals surface area contributed by atoms with Crippen LogP contribution in [0.25, 0.3) is 11.0 Å². The Hall–Kier alpha value is -2.73. The van der Waals surface area contributed by atoms with Crippen LogP contribution in [0.15, 0.2) is 39.9 Å². The van der Waals surface area contributed by atoms with Gasteiger partial charge in [-0.1, -0.05) is 0 Å². The van der Waals surface area contributed by atoms with Crippen molar-refractivity contribution in [1.29, 1.82) is 0 Å². The molecule has 1 unspecified atom stereocenters. The number of aromatic nitrogens is 2. The maximum Gasteiger partial charge on any atom is 0.339 e. The van der Waals surface area contributed by atoms with E-state index < -0.39 is 0 Å². The number of fused-ring (bicyclic) bond motifs is 3. The molecular weight excluding hydrogens is 342 g/mol. The molecule has 1 aliphatic rings. The minimum Gasteiger partial charge on any atom is -0.491 e. The Morgan fingerprint density at radius 1 is 1.26 bits per heavy atom. The molecule has 6 nitrogen and oxygen atoms in total. The third-order valence-corrected chi connectivity index (χ3v) is 4.92. The number of rotatable bonds is 6. The molecule has 6 heteroatoms. The van der Waals surface area contributed by atoms with Gasteiger partial charge >= 0.3 is 5.63 Å². The molecule has 0 bridgehead atoms. The van der Waals surface area contributed by atoms with Gasteiger partial charge in [-0.05, 0) is 56.4 Å². The molecule has 27 heavy (non-hydrogen) atoms. The molecule has 2 aromatic heterocycles. The highest BCUT2D eigenvalue weighted by Gasteiger charge is 2.22. The summed E-state index contributed by atoms with van der Waals surface area (Å²) in [6, 6.07) is 4.07. The summed E-state index contributed by atoms with van der Waals surface area (Å²) in [7, 11) is 0. The van der Waals surface area contributed by atoms with E-state index >= 15 is 0 Å². The van der Waals surface area contributed by atoms with Gasteiger partial charge < -0.3 is 14.5 Å². The molecule has 0 amide bonds. The topological polar surface area (TPSA) is 77.2 Å². The first-order chi connectivity index (χ1) is 13.1. The second-order valence-electron chi connectivity index (χ2n) is 7.13. The number of hydrogen-bond donors (Lipinski definition) is 1. The van der Waals surface area contributed by atoms with Crippen LogP contribution in [0.3, 0.4) is 0 Å². The maximum atomic E-state index is 12.2. The quantitative estimate of drug-likeness (QED) is 0.677. The fraction of sp³-hybridized carbons (Fsp3) is 0.381. The van der Waals surface area contributed by atoms with Crippen molar-refractivity contribution in [3.63, 3.8) is 0 Å². The molecule has 0 aliphatic heterocycles. The summed E-state index contributed by atoms with van der Waals surface area (Å²) in [5, 5.41) is 4.34. The Balaban J connectivity index is 1.53. The Bertz CT molecular complexity index is 1010. The molecule has 4 rings (SSSR count). The van der Waals surface area contributed by atoms with Crippen LogP contribution in [0.1, 0.15) is 35.7 Å². The van der Waals surface area contributed by atoms with Crippen LogP contribution in [0.5, 0.6) is 5.75 Å². The van der Waals surface area contributed by atoms with Crippen molar-refractivity contribution in [2.45, 2.75) is 45.7 Å². The highest BCUT2D eigenvalue weighted by Crippen LogP contribution is 2.35. The summed E-state index contributed by atoms with van der Waals surface area (Å²) < 4.78 is 11.7. The van der Waals surface area contributed by atoms with Crippen molar-refractivity contribution in [2.24, 2.45) is 0 Å². The molecule has 0 fully saturated rings. The van der Waals surface area contributed by atoms with Crippen molar-refractivity contribution in [3.05, 3.63) is 63.5 Å². The number of hydrogen-bond acceptors (Lipinski definition) is 6. The second-order valence-corrected chi connectivity index (χ2v) is 7.13. The predicted octanol–water partition coefficient (Wildman–Crippen LogP) is 2.94. The van der Waals surface area contributed by atoms with E-state index in [2.05, 4.69) is 22.2 Å². The van der Waals surface area contributed by atoms with E-state index in [4.69, 9.17) is 9.15 Å². The van der Waals surface area contributed by atoms with Crippen LogP contribution < -0.4 is 15.7 Å². The van der Waals surface area contributed by atoms with Crippen LogP contribution in [-0.2, 0) is 19.4 Å². The SMILES string of the molecule is Cc1cc(OCC(C)NCc2cnccn2)c2c3c(c(=O)oc2c1)CCC3. The molecule has 1 atom stereocenters. The van der Waals surface area contributed by atoms with Gasteiger partial charge in [-0.15, -0.1) is 0 Å². The Labute approximate surface area is 157 Å². The number of ether oxygens (including phenoxy) is 1. The Kier molecular flexibility index (Phi) is 4.90. The van der Waals surface area contributed by atoms with Crippen LogP contribution in [0, 0.1) is 6.92 Å². The van der Waals surface area contributed by atoms with Gasteiger partial charge in [-0.2, -0.15) is 0 Å². The molecule has 3 aromatic rings. The summed E-state index contributed by atoms with van der Waals surface area (Å²) in [5.74, 6) is 0.792. The average molecular weight is 365 g/mol. The smallest absolute Gasteiger partial charge is 0.339 e. The van der Waals surface area contributed by atoms with Gasteiger partial charge in [-0.3, -0.25) is 9.97 Å². The summed E-state index contributed by atoms with van der Waals surface area (Å²) in [4.78, 5) is 20.5. The maximum absolute atomic E-state index is 12.2. The normalized spacial score (nSPS) is 14.3. The van der Waals surface area contributed by atoms with Crippen molar-refractivity contribution < 1.29 is 9.15 Å². The average Bonchev–Trinajstić information content (AvgIpc) is 3.15. The van der Waals surface area contributed by atoms with E-state index in [1.54, 1.807) is 18.6 Å². The van der Waals surface area contributed by atoms with Crippen LogP contribution in [0.2, 0.25) is 0 Å². The van der Waals surface area contributed by atoms with Gasteiger partial charge in [0.15, 0.2) is 0 Å². The van der Waals surface area contributed by atoms with Crippen LogP contribution >= 0.6 is 0 Å². The van der Waals surface area contributed by atoms with E-state index in [0.717, 1.165) is 52.8 Å². The first-order valence-corrected chi connectivity index (χ1v) is 9.32.